The molecule has 0 radical (unpaired) electrons. The van der Waals surface area contributed by atoms with Gasteiger partial charge < -0.3 is 0 Å². The molecular weight excluding hydrogens is 400 g/mol. The Kier molecular flexibility index (Phi) is 5.26. The Bertz CT molecular complexity index is 731. The van der Waals surface area contributed by atoms with Gasteiger partial charge in [-0.05, 0) is 0 Å². The van der Waals surface area contributed by atoms with Crippen LogP contribution in [-0.2, 0) is 10.8 Å². The van der Waals surface area contributed by atoms with Crippen molar-refractivity contribution in [2.24, 2.45) is 0 Å². The summed E-state index contributed by atoms with van der Waals surface area (Å²) < 4.78 is 2.44. The van der Waals surface area contributed by atoms with Crippen molar-refractivity contribution in [2.45, 2.75) is 58.5 Å². The molecule has 124 valence electrons. The third-order valence-electron chi connectivity index (χ3n) is 3.79. The van der Waals surface area contributed by atoms with E-state index in [1.807, 2.05) is 30.3 Å². The zero-order valence-corrected chi connectivity index (χ0v) is 17.1. The van der Waals surface area contributed by atoms with Crippen LogP contribution in [0, 0.1) is 0 Å². The molecule has 0 aliphatic carbocycles. The zero-order chi connectivity index (χ0) is 17.4. The molecule has 1 heterocycles. The summed E-state index contributed by atoms with van der Waals surface area (Å²) in [6.07, 6.45) is -0.833. The van der Waals surface area contributed by atoms with Crippen LogP contribution in [0.1, 0.15) is 65.9 Å². The van der Waals surface area contributed by atoms with Crippen molar-refractivity contribution >= 4 is 20.4 Å². The van der Waals surface area contributed by atoms with E-state index in [-0.39, 0.29) is 16.3 Å². The Morgan fingerprint density at radius 1 is 0.957 bits per heavy atom. The van der Waals surface area contributed by atoms with Crippen molar-refractivity contribution in [2.75, 3.05) is 0 Å². The Morgan fingerprint density at radius 3 is 2.00 bits per heavy atom. The Hall–Kier alpha value is -0.880. The van der Waals surface area contributed by atoms with Gasteiger partial charge in [0.2, 0.25) is 0 Å². The van der Waals surface area contributed by atoms with Gasteiger partial charge in [0.05, 0.1) is 0 Å². The molecule has 0 spiro atoms. The minimum atomic E-state index is -0.833. The normalized spacial score (nSPS) is 13.9. The summed E-state index contributed by atoms with van der Waals surface area (Å²) >= 11 is -0.644. The molecule has 0 aliphatic rings. The zero-order valence-electron chi connectivity index (χ0n) is 14.8. The van der Waals surface area contributed by atoms with E-state index in [1.54, 1.807) is 6.07 Å². The van der Waals surface area contributed by atoms with Gasteiger partial charge in [-0.1, -0.05) is 0 Å². The average Bonchev–Trinajstić information content (AvgIpc) is 2.44. The summed E-state index contributed by atoms with van der Waals surface area (Å²) in [6.45, 7) is 12.9. The molecule has 1 N–H and O–H groups in total. The van der Waals surface area contributed by atoms with Gasteiger partial charge in [0.25, 0.3) is 0 Å². The Labute approximate surface area is 148 Å². The summed E-state index contributed by atoms with van der Waals surface area (Å²) in [4.78, 5) is 12.8. The van der Waals surface area contributed by atoms with Crippen LogP contribution >= 0.6 is 0 Å². The summed E-state index contributed by atoms with van der Waals surface area (Å²) in [7, 11) is 0. The summed E-state index contributed by atoms with van der Waals surface area (Å²) in [5.41, 5.74) is 1.29. The molecule has 2 rings (SSSR count). The number of rotatable bonds is 2. The van der Waals surface area contributed by atoms with E-state index >= 15 is 0 Å². The van der Waals surface area contributed by atoms with Crippen LogP contribution in [0.2, 0.25) is 0 Å². The molecule has 1 unspecified atom stereocenters. The van der Waals surface area contributed by atoms with E-state index in [1.165, 1.54) is 7.16 Å². The van der Waals surface area contributed by atoms with E-state index in [2.05, 4.69) is 41.5 Å². The summed E-state index contributed by atoms with van der Waals surface area (Å²) in [6, 6.07) is 11.3. The fraction of sp³-hybridized carbons (Fsp3) is 0.450. The number of hydrogen-bond acceptors (Lipinski definition) is 2. The quantitative estimate of drug-likeness (QED) is 0.743. The molecule has 0 saturated carbocycles. The van der Waals surface area contributed by atoms with Gasteiger partial charge in [0.15, 0.2) is 0 Å². The maximum atomic E-state index is 12.8. The molecule has 1 aromatic carbocycles. The standard InChI is InChI=1S/C20H26O2Te/c1-19(2,3)15-12-14(21)16(18(23-15)20(4,5)6)17(22)13-10-8-7-9-11-13/h7-12,17,22H,1-6H3. The molecule has 3 heteroatoms. The first-order valence-corrected chi connectivity index (χ1v) is 10.3. The molecule has 0 aliphatic heterocycles. The first-order chi connectivity index (χ1) is 10.5. The first kappa shape index (κ1) is 18.5. The van der Waals surface area contributed by atoms with Crippen molar-refractivity contribution in [1.29, 1.82) is 0 Å². The van der Waals surface area contributed by atoms with E-state index in [9.17, 15) is 9.90 Å². The molecule has 1 atom stereocenters. The van der Waals surface area contributed by atoms with Crippen molar-refractivity contribution < 1.29 is 5.11 Å². The fourth-order valence-corrected chi connectivity index (χ4v) is 6.26. The molecule has 0 fully saturated rings. The number of aliphatic hydroxyl groups is 1. The third kappa shape index (κ3) is 4.15. The van der Waals surface area contributed by atoms with Crippen LogP contribution < -0.4 is 5.43 Å². The van der Waals surface area contributed by atoms with Gasteiger partial charge in [0.1, 0.15) is 0 Å². The van der Waals surface area contributed by atoms with Crippen LogP contribution in [0.4, 0.5) is 0 Å². The van der Waals surface area contributed by atoms with Crippen LogP contribution in [0.3, 0.4) is 0 Å². The van der Waals surface area contributed by atoms with Gasteiger partial charge >= 0.3 is 149 Å². The van der Waals surface area contributed by atoms with Crippen LogP contribution in [-0.4, -0.2) is 25.5 Å². The van der Waals surface area contributed by atoms with Gasteiger partial charge in [0, 0.05) is 0 Å². The summed E-state index contributed by atoms with van der Waals surface area (Å²) in [5.74, 6) is 0. The summed E-state index contributed by atoms with van der Waals surface area (Å²) in [5, 5.41) is 10.9. The van der Waals surface area contributed by atoms with Gasteiger partial charge in [-0.15, -0.1) is 0 Å². The Morgan fingerprint density at radius 2 is 1.52 bits per heavy atom. The van der Waals surface area contributed by atoms with E-state index < -0.39 is 26.5 Å². The van der Waals surface area contributed by atoms with E-state index in [0.717, 1.165) is 5.56 Å². The molecular formula is C20H26O2Te. The minimum absolute atomic E-state index is 0.0115. The Balaban J connectivity index is 2.71. The molecule has 1 aromatic heterocycles. The molecule has 2 nitrogen and oxygen atoms in total. The first-order valence-electron chi connectivity index (χ1n) is 7.94. The second kappa shape index (κ2) is 6.55. The SMILES string of the molecule is CC(C)(C)c1cc(=O)c(C(O)c2ccccc2)c(C(C)(C)C)[te]1. The van der Waals surface area contributed by atoms with E-state index in [0.29, 0.717) is 5.56 Å². The maximum absolute atomic E-state index is 12.8. The van der Waals surface area contributed by atoms with Crippen molar-refractivity contribution in [1.82, 2.24) is 0 Å². The molecule has 0 saturated heterocycles. The average molecular weight is 426 g/mol. The molecule has 23 heavy (non-hydrogen) atoms. The second-order valence-corrected chi connectivity index (χ2v) is 11.0. The number of hydrogen-bond donors (Lipinski definition) is 1. The van der Waals surface area contributed by atoms with Crippen LogP contribution in [0.25, 0.3) is 0 Å². The predicted octanol–water partition coefficient (Wildman–Crippen LogP) is 3.78. The number of benzene rings is 1. The van der Waals surface area contributed by atoms with Crippen molar-refractivity contribution in [3.05, 3.63) is 64.9 Å². The predicted molar refractivity (Wildman–Crippen MR) is 97.6 cm³/mol. The van der Waals surface area contributed by atoms with Crippen LogP contribution in [0.15, 0.2) is 41.2 Å². The third-order valence-corrected chi connectivity index (χ3v) is 9.46. The topological polar surface area (TPSA) is 37.3 Å². The van der Waals surface area contributed by atoms with Gasteiger partial charge in [-0.3, -0.25) is 0 Å². The molecule has 0 bridgehead atoms. The van der Waals surface area contributed by atoms with Crippen LogP contribution in [0.5, 0.6) is 0 Å². The molecule has 2 aromatic rings. The second-order valence-electron chi connectivity index (χ2n) is 8.03. The van der Waals surface area contributed by atoms with Crippen molar-refractivity contribution in [3.8, 4) is 0 Å². The number of aliphatic hydroxyl groups excluding tert-OH is 1. The van der Waals surface area contributed by atoms with E-state index in [4.69, 9.17) is 0 Å². The van der Waals surface area contributed by atoms with Crippen molar-refractivity contribution in [3.63, 3.8) is 0 Å². The fourth-order valence-electron chi connectivity index (χ4n) is 2.49. The molecule has 0 amide bonds. The van der Waals surface area contributed by atoms with Gasteiger partial charge in [-0.2, -0.15) is 0 Å². The van der Waals surface area contributed by atoms with Gasteiger partial charge in [-0.25, -0.2) is 0 Å². The monoisotopic (exact) mass is 428 g/mol.